The maximum Gasteiger partial charge on any atom is 0.196 e. The predicted octanol–water partition coefficient (Wildman–Crippen LogP) is 3.82. The average Bonchev–Trinajstić information content (AvgIpc) is 2.37. The Labute approximate surface area is 116 Å². The maximum atomic E-state index is 14.0. The van der Waals surface area contributed by atoms with Gasteiger partial charge in [-0.15, -0.1) is 0 Å². The number of carbonyl (C=O) groups is 1. The van der Waals surface area contributed by atoms with Gasteiger partial charge in [-0.3, -0.25) is 4.79 Å². The minimum atomic E-state index is -0.573. The summed E-state index contributed by atoms with van der Waals surface area (Å²) in [7, 11) is 1.31. The number of halogens is 2. The Kier molecular flexibility index (Phi) is 3.84. The van der Waals surface area contributed by atoms with Crippen molar-refractivity contribution >= 4 is 5.78 Å². The Balaban J connectivity index is 2.52. The number of hydrogen-bond acceptors (Lipinski definition) is 2. The van der Waals surface area contributed by atoms with Crippen molar-refractivity contribution in [1.29, 1.82) is 0 Å². The third-order valence-corrected chi connectivity index (χ3v) is 3.07. The quantitative estimate of drug-likeness (QED) is 0.797. The van der Waals surface area contributed by atoms with Crippen LogP contribution < -0.4 is 4.74 Å². The molecule has 2 nitrogen and oxygen atoms in total. The fraction of sp³-hybridized carbons (Fsp3) is 0.188. The number of benzene rings is 2. The van der Waals surface area contributed by atoms with E-state index in [0.717, 1.165) is 11.6 Å². The number of methoxy groups -OCH3 is 1. The molecule has 0 atom stereocenters. The molecule has 2 aromatic rings. The van der Waals surface area contributed by atoms with Crippen LogP contribution in [-0.2, 0) is 0 Å². The highest BCUT2D eigenvalue weighted by atomic mass is 19.1. The van der Waals surface area contributed by atoms with E-state index in [1.807, 2.05) is 0 Å². The van der Waals surface area contributed by atoms with Gasteiger partial charge in [-0.1, -0.05) is 6.07 Å². The van der Waals surface area contributed by atoms with Gasteiger partial charge in [0.15, 0.2) is 17.3 Å². The van der Waals surface area contributed by atoms with Gasteiger partial charge in [0.1, 0.15) is 5.82 Å². The van der Waals surface area contributed by atoms with Crippen molar-refractivity contribution in [1.82, 2.24) is 0 Å². The molecule has 0 spiro atoms. The van der Waals surface area contributed by atoms with Crippen molar-refractivity contribution in [3.8, 4) is 5.75 Å². The van der Waals surface area contributed by atoms with Crippen LogP contribution >= 0.6 is 0 Å². The van der Waals surface area contributed by atoms with E-state index in [2.05, 4.69) is 0 Å². The second-order valence-electron chi connectivity index (χ2n) is 4.62. The molecule has 0 aliphatic heterocycles. The van der Waals surface area contributed by atoms with Crippen LogP contribution in [0.15, 0.2) is 30.3 Å². The van der Waals surface area contributed by atoms with Crippen LogP contribution in [0.1, 0.15) is 27.0 Å². The van der Waals surface area contributed by atoms with Gasteiger partial charge in [0.2, 0.25) is 0 Å². The lowest BCUT2D eigenvalue weighted by Crippen LogP contribution is -2.08. The van der Waals surface area contributed by atoms with Crippen LogP contribution in [0.2, 0.25) is 0 Å². The van der Waals surface area contributed by atoms with E-state index in [-0.39, 0.29) is 16.9 Å². The summed E-state index contributed by atoms with van der Waals surface area (Å²) in [6.07, 6.45) is 0. The summed E-state index contributed by atoms with van der Waals surface area (Å²) in [6.45, 7) is 3.43. The lowest BCUT2D eigenvalue weighted by atomic mass is 9.97. The zero-order valence-corrected chi connectivity index (χ0v) is 11.5. The molecule has 0 fully saturated rings. The molecular weight excluding hydrogens is 262 g/mol. The number of hydrogen-bond donors (Lipinski definition) is 0. The second-order valence-corrected chi connectivity index (χ2v) is 4.62. The molecule has 0 unspecified atom stereocenters. The number of ether oxygens (including phenoxy) is 1. The second kappa shape index (κ2) is 5.41. The topological polar surface area (TPSA) is 26.3 Å². The largest absolute Gasteiger partial charge is 0.494 e. The fourth-order valence-corrected chi connectivity index (χ4v) is 2.15. The number of aryl methyl sites for hydroxylation is 2. The smallest absolute Gasteiger partial charge is 0.196 e. The Bertz CT molecular complexity index is 655. The van der Waals surface area contributed by atoms with Crippen LogP contribution in [0, 0.1) is 25.5 Å². The van der Waals surface area contributed by atoms with Crippen LogP contribution in [0.5, 0.6) is 5.75 Å². The van der Waals surface area contributed by atoms with E-state index in [1.54, 1.807) is 19.9 Å². The molecule has 0 aromatic heterocycles. The van der Waals surface area contributed by atoms with Gasteiger partial charge in [0, 0.05) is 5.56 Å². The number of carbonyl (C=O) groups excluding carboxylic acids is 1. The third kappa shape index (κ3) is 2.54. The van der Waals surface area contributed by atoms with E-state index in [0.29, 0.717) is 5.56 Å². The van der Waals surface area contributed by atoms with Gasteiger partial charge >= 0.3 is 0 Å². The molecule has 0 aliphatic carbocycles. The molecule has 4 heteroatoms. The molecule has 0 radical (unpaired) electrons. The Morgan fingerprint density at radius 3 is 2.35 bits per heavy atom. The third-order valence-electron chi connectivity index (χ3n) is 3.07. The molecule has 20 heavy (non-hydrogen) atoms. The van der Waals surface area contributed by atoms with E-state index < -0.39 is 17.4 Å². The molecule has 0 N–H and O–H groups in total. The van der Waals surface area contributed by atoms with E-state index in [9.17, 15) is 13.6 Å². The molecular formula is C16H14F2O2. The molecule has 0 saturated carbocycles. The summed E-state index contributed by atoms with van der Waals surface area (Å²) in [4.78, 5) is 12.4. The summed E-state index contributed by atoms with van der Waals surface area (Å²) < 4.78 is 32.2. The SMILES string of the molecule is COc1cc(C(=O)c2c(C)cc(C)cc2F)ccc1F. The van der Waals surface area contributed by atoms with Crippen LogP contribution in [0.3, 0.4) is 0 Å². The van der Waals surface area contributed by atoms with E-state index in [1.165, 1.54) is 25.3 Å². The van der Waals surface area contributed by atoms with Gasteiger partial charge in [-0.05, 0) is 49.2 Å². The minimum Gasteiger partial charge on any atom is -0.494 e. The van der Waals surface area contributed by atoms with Crippen LogP contribution in [-0.4, -0.2) is 12.9 Å². The highest BCUT2D eigenvalue weighted by molar-refractivity contribution is 6.10. The molecule has 2 aromatic carbocycles. The summed E-state index contributed by atoms with van der Waals surface area (Å²) >= 11 is 0. The van der Waals surface area contributed by atoms with Crippen LogP contribution in [0.25, 0.3) is 0 Å². The summed E-state index contributed by atoms with van der Waals surface area (Å²) in [5.41, 5.74) is 1.49. The highest BCUT2D eigenvalue weighted by Crippen LogP contribution is 2.23. The van der Waals surface area contributed by atoms with Crippen LogP contribution in [0.4, 0.5) is 8.78 Å². The van der Waals surface area contributed by atoms with Crippen molar-refractivity contribution < 1.29 is 18.3 Å². The number of ketones is 1. The molecule has 2 rings (SSSR count). The Hall–Kier alpha value is -2.23. The summed E-state index contributed by atoms with van der Waals surface area (Å²) in [5, 5.41) is 0. The van der Waals surface area contributed by atoms with Crippen molar-refractivity contribution in [3.05, 3.63) is 64.2 Å². The normalized spacial score (nSPS) is 10.4. The zero-order chi connectivity index (χ0) is 14.9. The van der Waals surface area contributed by atoms with Gasteiger partial charge in [0.05, 0.1) is 12.7 Å². The van der Waals surface area contributed by atoms with Gasteiger partial charge in [0.25, 0.3) is 0 Å². The first kappa shape index (κ1) is 14.2. The fourth-order valence-electron chi connectivity index (χ4n) is 2.15. The summed E-state index contributed by atoms with van der Waals surface area (Å²) in [5.74, 6) is -1.67. The first-order valence-electron chi connectivity index (χ1n) is 6.09. The first-order chi connectivity index (χ1) is 9.43. The van der Waals surface area contributed by atoms with Crippen molar-refractivity contribution in [2.75, 3.05) is 7.11 Å². The lowest BCUT2D eigenvalue weighted by molar-refractivity contribution is 0.103. The Morgan fingerprint density at radius 2 is 1.75 bits per heavy atom. The molecule has 104 valence electrons. The maximum absolute atomic E-state index is 14.0. The monoisotopic (exact) mass is 276 g/mol. The van der Waals surface area contributed by atoms with E-state index in [4.69, 9.17) is 4.74 Å². The van der Waals surface area contributed by atoms with Crippen molar-refractivity contribution in [3.63, 3.8) is 0 Å². The molecule has 0 aliphatic rings. The molecule has 0 bridgehead atoms. The minimum absolute atomic E-state index is 0.00395. The molecule has 0 amide bonds. The van der Waals surface area contributed by atoms with E-state index >= 15 is 0 Å². The van der Waals surface area contributed by atoms with Gasteiger partial charge < -0.3 is 4.74 Å². The highest BCUT2D eigenvalue weighted by Gasteiger charge is 2.18. The number of rotatable bonds is 3. The average molecular weight is 276 g/mol. The van der Waals surface area contributed by atoms with Gasteiger partial charge in [-0.25, -0.2) is 8.78 Å². The van der Waals surface area contributed by atoms with Gasteiger partial charge in [-0.2, -0.15) is 0 Å². The molecule has 0 heterocycles. The first-order valence-corrected chi connectivity index (χ1v) is 6.09. The summed E-state index contributed by atoms with van der Waals surface area (Å²) in [6, 6.07) is 6.76. The lowest BCUT2D eigenvalue weighted by Gasteiger charge is -2.09. The molecule has 0 saturated heterocycles. The van der Waals surface area contributed by atoms with Crippen molar-refractivity contribution in [2.24, 2.45) is 0 Å². The van der Waals surface area contributed by atoms with Crippen molar-refractivity contribution in [2.45, 2.75) is 13.8 Å². The standard InChI is InChI=1S/C16H14F2O2/c1-9-6-10(2)15(13(18)7-9)16(19)11-4-5-12(17)14(8-11)20-3/h4-8H,1-3H3. The zero-order valence-electron chi connectivity index (χ0n) is 11.5. The Morgan fingerprint density at radius 1 is 1.05 bits per heavy atom. The predicted molar refractivity (Wildman–Crippen MR) is 72.3 cm³/mol.